The van der Waals surface area contributed by atoms with Crippen LogP contribution in [0.3, 0.4) is 0 Å². The van der Waals surface area contributed by atoms with Gasteiger partial charge in [0, 0.05) is 10.6 Å². The summed E-state index contributed by atoms with van der Waals surface area (Å²) in [6.07, 6.45) is 0. The molecule has 0 unspecified atom stereocenters. The zero-order chi connectivity index (χ0) is 18.5. The van der Waals surface area contributed by atoms with Gasteiger partial charge in [-0.3, -0.25) is 9.59 Å². The summed E-state index contributed by atoms with van der Waals surface area (Å²) in [4.78, 5) is 35.2. The highest BCUT2D eigenvalue weighted by Gasteiger charge is 2.18. The Morgan fingerprint density at radius 2 is 2.00 bits per heavy atom. The summed E-state index contributed by atoms with van der Waals surface area (Å²) in [5.41, 5.74) is 0.695. The maximum atomic E-state index is 12.1. The number of hydrogen-bond acceptors (Lipinski definition) is 6. The molecule has 0 aromatic heterocycles. The lowest BCUT2D eigenvalue weighted by Crippen LogP contribution is -2.25. The first-order valence-electron chi connectivity index (χ1n) is 7.65. The summed E-state index contributed by atoms with van der Waals surface area (Å²) in [6.45, 7) is -0.850. The number of rotatable bonds is 6. The van der Waals surface area contributed by atoms with Crippen LogP contribution in [0.25, 0.3) is 0 Å². The van der Waals surface area contributed by atoms with E-state index in [4.69, 9.17) is 25.8 Å². The van der Waals surface area contributed by atoms with Crippen LogP contribution in [0, 0.1) is 0 Å². The fourth-order valence-corrected chi connectivity index (χ4v) is 2.41. The van der Waals surface area contributed by atoms with Crippen molar-refractivity contribution in [2.45, 2.75) is 0 Å². The molecule has 7 nitrogen and oxygen atoms in total. The van der Waals surface area contributed by atoms with Crippen LogP contribution in [0.15, 0.2) is 42.5 Å². The molecule has 0 spiro atoms. The van der Waals surface area contributed by atoms with Crippen molar-refractivity contribution in [2.24, 2.45) is 0 Å². The number of ether oxygens (including phenoxy) is 3. The van der Waals surface area contributed by atoms with Gasteiger partial charge >= 0.3 is 5.97 Å². The van der Waals surface area contributed by atoms with Gasteiger partial charge in [-0.15, -0.1) is 0 Å². The van der Waals surface area contributed by atoms with Crippen LogP contribution < -0.4 is 14.8 Å². The lowest BCUT2D eigenvalue weighted by molar-refractivity contribution is -0.144. The van der Waals surface area contributed by atoms with Gasteiger partial charge in [-0.05, 0) is 36.4 Å². The molecule has 1 aliphatic rings. The highest BCUT2D eigenvalue weighted by Crippen LogP contribution is 2.28. The van der Waals surface area contributed by atoms with Crippen LogP contribution >= 0.6 is 11.6 Å². The summed E-state index contributed by atoms with van der Waals surface area (Å²) in [7, 11) is 0. The van der Waals surface area contributed by atoms with E-state index in [-0.39, 0.29) is 24.7 Å². The molecule has 0 fully saturated rings. The number of amides is 1. The van der Waals surface area contributed by atoms with Crippen molar-refractivity contribution in [3.63, 3.8) is 0 Å². The number of ketones is 1. The smallest absolute Gasteiger partial charge is 0.344 e. The van der Waals surface area contributed by atoms with Gasteiger partial charge in [0.05, 0.1) is 5.69 Å². The molecule has 1 N–H and O–H groups in total. The second kappa shape index (κ2) is 7.88. The highest BCUT2D eigenvalue weighted by molar-refractivity contribution is 6.30. The summed E-state index contributed by atoms with van der Waals surface area (Å²) >= 11 is 5.81. The van der Waals surface area contributed by atoms with Crippen LogP contribution in [0.4, 0.5) is 5.69 Å². The van der Waals surface area contributed by atoms with Crippen molar-refractivity contribution in [1.29, 1.82) is 0 Å². The van der Waals surface area contributed by atoms with Crippen LogP contribution in [0.5, 0.6) is 11.5 Å². The minimum Gasteiger partial charge on any atom is -0.482 e. The normalized spacial score (nSPS) is 12.4. The van der Waals surface area contributed by atoms with Gasteiger partial charge in [0.15, 0.2) is 25.6 Å². The average molecular weight is 376 g/mol. The number of esters is 1. The molecule has 0 atom stereocenters. The van der Waals surface area contributed by atoms with Crippen molar-refractivity contribution in [2.75, 3.05) is 25.1 Å². The number of halogens is 1. The fraction of sp³-hybridized carbons (Fsp3) is 0.167. The Morgan fingerprint density at radius 1 is 1.15 bits per heavy atom. The highest BCUT2D eigenvalue weighted by atomic mass is 35.5. The monoisotopic (exact) mass is 375 g/mol. The number of hydrogen-bond donors (Lipinski definition) is 1. The Morgan fingerprint density at radius 3 is 2.81 bits per heavy atom. The van der Waals surface area contributed by atoms with Crippen molar-refractivity contribution in [1.82, 2.24) is 0 Å². The Labute approximate surface area is 153 Å². The largest absolute Gasteiger partial charge is 0.482 e. The van der Waals surface area contributed by atoms with Gasteiger partial charge in [-0.2, -0.15) is 0 Å². The number of nitrogens with one attached hydrogen (secondary N) is 1. The second-order valence-corrected chi connectivity index (χ2v) is 5.81. The average Bonchev–Trinajstić information content (AvgIpc) is 2.63. The van der Waals surface area contributed by atoms with E-state index in [9.17, 15) is 14.4 Å². The Kier molecular flexibility index (Phi) is 5.38. The lowest BCUT2D eigenvalue weighted by Gasteiger charge is -2.18. The van der Waals surface area contributed by atoms with Crippen LogP contribution in [-0.2, 0) is 14.3 Å². The topological polar surface area (TPSA) is 90.9 Å². The maximum absolute atomic E-state index is 12.1. The Hall–Kier alpha value is -3.06. The summed E-state index contributed by atoms with van der Waals surface area (Å²) < 4.78 is 15.4. The first-order chi connectivity index (χ1) is 12.5. The first-order valence-corrected chi connectivity index (χ1v) is 8.03. The SMILES string of the molecule is O=C1COc2ccc(C(=O)COC(=O)COc3cccc(Cl)c3)cc2N1. The molecule has 0 bridgehead atoms. The molecule has 1 aliphatic heterocycles. The molecule has 0 saturated heterocycles. The minimum absolute atomic E-state index is 0.0649. The molecule has 3 rings (SSSR count). The van der Waals surface area contributed by atoms with E-state index >= 15 is 0 Å². The van der Waals surface area contributed by atoms with Gasteiger partial charge in [-0.1, -0.05) is 17.7 Å². The molecule has 0 saturated carbocycles. The molecule has 0 aliphatic carbocycles. The van der Waals surface area contributed by atoms with E-state index in [0.29, 0.717) is 22.2 Å². The minimum atomic E-state index is -0.687. The molecule has 1 amide bonds. The van der Waals surface area contributed by atoms with Crippen molar-refractivity contribution < 1.29 is 28.6 Å². The first kappa shape index (κ1) is 17.8. The number of carbonyl (C=O) groups excluding carboxylic acids is 3. The fourth-order valence-electron chi connectivity index (χ4n) is 2.23. The second-order valence-electron chi connectivity index (χ2n) is 5.38. The van der Waals surface area contributed by atoms with E-state index in [1.165, 1.54) is 12.1 Å². The van der Waals surface area contributed by atoms with E-state index in [0.717, 1.165) is 0 Å². The van der Waals surface area contributed by atoms with Gasteiger partial charge in [-0.25, -0.2) is 4.79 Å². The molecule has 2 aromatic rings. The van der Waals surface area contributed by atoms with E-state index in [1.54, 1.807) is 30.3 Å². The lowest BCUT2D eigenvalue weighted by atomic mass is 10.1. The number of Topliss-reactive ketones (excluding diaryl/α,β-unsaturated/α-hetero) is 1. The van der Waals surface area contributed by atoms with Crippen molar-refractivity contribution >= 4 is 34.9 Å². The van der Waals surface area contributed by atoms with Crippen LogP contribution in [0.1, 0.15) is 10.4 Å². The molecular weight excluding hydrogens is 362 g/mol. The molecule has 0 radical (unpaired) electrons. The van der Waals surface area contributed by atoms with E-state index < -0.39 is 18.4 Å². The zero-order valence-electron chi connectivity index (χ0n) is 13.5. The summed E-state index contributed by atoms with van der Waals surface area (Å²) in [6, 6.07) is 11.2. The molecule has 1 heterocycles. The molecule has 26 heavy (non-hydrogen) atoms. The molecule has 8 heteroatoms. The third-order valence-electron chi connectivity index (χ3n) is 3.45. The Bertz CT molecular complexity index is 867. The van der Waals surface area contributed by atoms with E-state index in [1.807, 2.05) is 0 Å². The predicted molar refractivity (Wildman–Crippen MR) is 92.8 cm³/mol. The number of benzene rings is 2. The Balaban J connectivity index is 1.51. The predicted octanol–water partition coefficient (Wildman–Crippen LogP) is 2.48. The maximum Gasteiger partial charge on any atom is 0.344 e. The van der Waals surface area contributed by atoms with Crippen LogP contribution in [0.2, 0.25) is 5.02 Å². The van der Waals surface area contributed by atoms with Gasteiger partial charge in [0.1, 0.15) is 11.5 Å². The molecule has 2 aromatic carbocycles. The van der Waals surface area contributed by atoms with Gasteiger partial charge in [0.25, 0.3) is 5.91 Å². The summed E-state index contributed by atoms with van der Waals surface area (Å²) in [5, 5.41) is 3.09. The third-order valence-corrected chi connectivity index (χ3v) is 3.69. The quantitative estimate of drug-likeness (QED) is 0.616. The number of carbonyl (C=O) groups is 3. The molecule has 134 valence electrons. The number of fused-ring (bicyclic) bond motifs is 1. The zero-order valence-corrected chi connectivity index (χ0v) is 14.2. The van der Waals surface area contributed by atoms with Gasteiger partial charge in [0.2, 0.25) is 0 Å². The van der Waals surface area contributed by atoms with Crippen molar-refractivity contribution in [3.05, 3.63) is 53.1 Å². The van der Waals surface area contributed by atoms with Crippen molar-refractivity contribution in [3.8, 4) is 11.5 Å². The molecular formula is C18H14ClNO6. The number of anilines is 1. The summed E-state index contributed by atoms with van der Waals surface area (Å²) in [5.74, 6) is -0.498. The van der Waals surface area contributed by atoms with Gasteiger partial charge < -0.3 is 19.5 Å². The van der Waals surface area contributed by atoms with Crippen LogP contribution in [-0.4, -0.2) is 37.5 Å². The third kappa shape index (κ3) is 4.52. The van der Waals surface area contributed by atoms with E-state index in [2.05, 4.69) is 5.32 Å². The standard InChI is InChI=1S/C18H14ClNO6/c19-12-2-1-3-13(7-12)24-10-18(23)26-8-15(21)11-4-5-16-14(6-11)20-17(22)9-25-16/h1-7H,8-10H2,(H,20,22).